The van der Waals surface area contributed by atoms with Crippen molar-refractivity contribution in [2.75, 3.05) is 18.5 Å². The van der Waals surface area contributed by atoms with Crippen molar-refractivity contribution in [1.29, 1.82) is 0 Å². The highest BCUT2D eigenvalue weighted by Crippen LogP contribution is 2.31. The van der Waals surface area contributed by atoms with Gasteiger partial charge < -0.3 is 15.4 Å². The minimum Gasteiger partial charge on any atom is -0.376 e. The first kappa shape index (κ1) is 17.0. The quantitative estimate of drug-likeness (QED) is 0.838. The Labute approximate surface area is 150 Å². The molecule has 0 bridgehead atoms. The number of anilines is 2. The SMILES string of the molecule is O=C(NCC1CCCO1)c1cc(Nc2cccc(Cl)c2Cl)ccn1. The van der Waals surface area contributed by atoms with Crippen molar-refractivity contribution in [2.45, 2.75) is 18.9 Å². The second kappa shape index (κ2) is 7.83. The Morgan fingerprint density at radius 2 is 2.21 bits per heavy atom. The fourth-order valence-corrected chi connectivity index (χ4v) is 2.84. The summed E-state index contributed by atoms with van der Waals surface area (Å²) in [5, 5.41) is 6.89. The summed E-state index contributed by atoms with van der Waals surface area (Å²) in [5.41, 5.74) is 1.70. The number of halogens is 2. The zero-order valence-electron chi connectivity index (χ0n) is 12.9. The minimum absolute atomic E-state index is 0.0977. The van der Waals surface area contributed by atoms with Crippen molar-refractivity contribution >= 4 is 40.5 Å². The topological polar surface area (TPSA) is 63.2 Å². The van der Waals surface area contributed by atoms with E-state index in [4.69, 9.17) is 27.9 Å². The molecular weight excluding hydrogens is 349 g/mol. The number of amides is 1. The van der Waals surface area contributed by atoms with Crippen LogP contribution >= 0.6 is 23.2 Å². The van der Waals surface area contributed by atoms with Gasteiger partial charge in [0, 0.05) is 25.0 Å². The lowest BCUT2D eigenvalue weighted by Gasteiger charge is -2.12. The summed E-state index contributed by atoms with van der Waals surface area (Å²) in [4.78, 5) is 16.3. The van der Waals surface area contributed by atoms with Crippen molar-refractivity contribution in [2.24, 2.45) is 0 Å². The van der Waals surface area contributed by atoms with Crippen LogP contribution in [0.4, 0.5) is 11.4 Å². The van der Waals surface area contributed by atoms with Gasteiger partial charge in [-0.05, 0) is 37.1 Å². The molecular formula is C17H17Cl2N3O2. The van der Waals surface area contributed by atoms with Gasteiger partial charge in [0.15, 0.2) is 0 Å². The van der Waals surface area contributed by atoms with E-state index in [2.05, 4.69) is 15.6 Å². The molecule has 2 aromatic rings. The Morgan fingerprint density at radius 1 is 1.33 bits per heavy atom. The molecule has 5 nitrogen and oxygen atoms in total. The van der Waals surface area contributed by atoms with Crippen molar-refractivity contribution < 1.29 is 9.53 Å². The number of ether oxygens (including phenoxy) is 1. The van der Waals surface area contributed by atoms with E-state index in [9.17, 15) is 4.79 Å². The van der Waals surface area contributed by atoms with E-state index in [0.29, 0.717) is 33.7 Å². The van der Waals surface area contributed by atoms with Crippen LogP contribution in [0.5, 0.6) is 0 Å². The van der Waals surface area contributed by atoms with Gasteiger partial charge in [0.05, 0.1) is 21.8 Å². The average molecular weight is 366 g/mol. The third-order valence-electron chi connectivity index (χ3n) is 3.74. The molecule has 1 atom stereocenters. The highest BCUT2D eigenvalue weighted by molar-refractivity contribution is 6.43. The number of rotatable bonds is 5. The van der Waals surface area contributed by atoms with Gasteiger partial charge >= 0.3 is 0 Å². The first-order valence-electron chi connectivity index (χ1n) is 7.70. The van der Waals surface area contributed by atoms with Crippen molar-refractivity contribution in [3.63, 3.8) is 0 Å². The molecule has 2 heterocycles. The molecule has 24 heavy (non-hydrogen) atoms. The molecule has 1 aromatic carbocycles. The molecule has 0 spiro atoms. The molecule has 0 saturated carbocycles. The van der Waals surface area contributed by atoms with E-state index in [-0.39, 0.29) is 12.0 Å². The van der Waals surface area contributed by atoms with Crippen LogP contribution in [0.3, 0.4) is 0 Å². The minimum atomic E-state index is -0.230. The van der Waals surface area contributed by atoms with Gasteiger partial charge in [-0.2, -0.15) is 0 Å². The summed E-state index contributed by atoms with van der Waals surface area (Å²) in [6.45, 7) is 1.26. The normalized spacial score (nSPS) is 16.8. The fraction of sp³-hybridized carbons (Fsp3) is 0.294. The summed E-state index contributed by atoms with van der Waals surface area (Å²) in [6, 6.07) is 8.75. The molecule has 1 fully saturated rings. The predicted octanol–water partition coefficient (Wildman–Crippen LogP) is 4.04. The van der Waals surface area contributed by atoms with Crippen LogP contribution in [-0.4, -0.2) is 30.1 Å². The molecule has 1 aliphatic rings. The molecule has 1 aromatic heterocycles. The number of hydrogen-bond acceptors (Lipinski definition) is 4. The van der Waals surface area contributed by atoms with Crippen LogP contribution in [0, 0.1) is 0 Å². The van der Waals surface area contributed by atoms with Crippen LogP contribution in [-0.2, 0) is 4.74 Å². The molecule has 126 valence electrons. The smallest absolute Gasteiger partial charge is 0.270 e. The van der Waals surface area contributed by atoms with Crippen LogP contribution in [0.15, 0.2) is 36.5 Å². The van der Waals surface area contributed by atoms with Gasteiger partial charge in [-0.1, -0.05) is 29.3 Å². The Bertz CT molecular complexity index is 734. The average Bonchev–Trinajstić information content (AvgIpc) is 3.11. The maximum absolute atomic E-state index is 12.2. The Balaban J connectivity index is 1.67. The second-order valence-electron chi connectivity index (χ2n) is 5.50. The zero-order chi connectivity index (χ0) is 16.9. The number of aromatic nitrogens is 1. The van der Waals surface area contributed by atoms with E-state index in [0.717, 1.165) is 19.4 Å². The summed E-state index contributed by atoms with van der Waals surface area (Å²) in [7, 11) is 0. The van der Waals surface area contributed by atoms with Crippen LogP contribution in [0.25, 0.3) is 0 Å². The van der Waals surface area contributed by atoms with Gasteiger partial charge in [-0.3, -0.25) is 9.78 Å². The second-order valence-corrected chi connectivity index (χ2v) is 6.29. The zero-order valence-corrected chi connectivity index (χ0v) is 14.4. The standard InChI is InChI=1S/C17H17Cl2N3O2/c18-13-4-1-5-14(16(13)19)22-11-6-7-20-15(9-11)17(23)21-10-12-3-2-8-24-12/h1,4-7,9,12H,2-3,8,10H2,(H,20,22)(H,21,23). The number of carbonyl (C=O) groups excluding carboxylic acids is 1. The van der Waals surface area contributed by atoms with Crippen LogP contribution in [0.1, 0.15) is 23.3 Å². The number of nitrogens with one attached hydrogen (secondary N) is 2. The Hall–Kier alpha value is -1.82. The van der Waals surface area contributed by atoms with Gasteiger partial charge in [-0.25, -0.2) is 0 Å². The third kappa shape index (κ3) is 4.17. The van der Waals surface area contributed by atoms with E-state index >= 15 is 0 Å². The first-order valence-corrected chi connectivity index (χ1v) is 8.46. The number of pyridine rings is 1. The maximum atomic E-state index is 12.2. The third-order valence-corrected chi connectivity index (χ3v) is 4.56. The summed E-state index contributed by atoms with van der Waals surface area (Å²) >= 11 is 12.2. The highest BCUT2D eigenvalue weighted by Gasteiger charge is 2.17. The van der Waals surface area contributed by atoms with Crippen LogP contribution in [0.2, 0.25) is 10.0 Å². The lowest BCUT2D eigenvalue weighted by Crippen LogP contribution is -2.32. The summed E-state index contributed by atoms with van der Waals surface area (Å²) in [6.07, 6.45) is 3.68. The molecule has 1 aliphatic heterocycles. The number of hydrogen-bond donors (Lipinski definition) is 2. The van der Waals surface area contributed by atoms with E-state index in [1.165, 1.54) is 0 Å². The monoisotopic (exact) mass is 365 g/mol. The van der Waals surface area contributed by atoms with Gasteiger partial charge in [0.1, 0.15) is 5.69 Å². The fourth-order valence-electron chi connectivity index (χ4n) is 2.49. The predicted molar refractivity (Wildman–Crippen MR) is 95.3 cm³/mol. The number of benzene rings is 1. The lowest BCUT2D eigenvalue weighted by atomic mass is 10.2. The molecule has 7 heteroatoms. The van der Waals surface area contributed by atoms with E-state index < -0.39 is 0 Å². The molecule has 0 radical (unpaired) electrons. The number of nitrogens with zero attached hydrogens (tertiary/aromatic N) is 1. The molecule has 1 unspecified atom stereocenters. The highest BCUT2D eigenvalue weighted by atomic mass is 35.5. The van der Waals surface area contributed by atoms with E-state index in [1.54, 1.807) is 30.5 Å². The Morgan fingerprint density at radius 3 is 3.00 bits per heavy atom. The van der Waals surface area contributed by atoms with Crippen molar-refractivity contribution in [3.8, 4) is 0 Å². The van der Waals surface area contributed by atoms with Gasteiger partial charge in [0.2, 0.25) is 0 Å². The molecule has 3 rings (SSSR count). The molecule has 0 aliphatic carbocycles. The first-order chi connectivity index (χ1) is 11.6. The van der Waals surface area contributed by atoms with Gasteiger partial charge in [0.25, 0.3) is 5.91 Å². The molecule has 2 N–H and O–H groups in total. The number of carbonyl (C=O) groups is 1. The van der Waals surface area contributed by atoms with Crippen molar-refractivity contribution in [3.05, 3.63) is 52.3 Å². The lowest BCUT2D eigenvalue weighted by molar-refractivity contribution is 0.0854. The van der Waals surface area contributed by atoms with Crippen LogP contribution < -0.4 is 10.6 Å². The Kier molecular flexibility index (Phi) is 5.56. The maximum Gasteiger partial charge on any atom is 0.270 e. The largest absolute Gasteiger partial charge is 0.376 e. The van der Waals surface area contributed by atoms with Gasteiger partial charge in [-0.15, -0.1) is 0 Å². The molecule has 1 amide bonds. The molecule has 1 saturated heterocycles. The summed E-state index contributed by atoms with van der Waals surface area (Å²) < 4.78 is 5.49. The van der Waals surface area contributed by atoms with E-state index in [1.807, 2.05) is 6.07 Å². The van der Waals surface area contributed by atoms with Crippen molar-refractivity contribution in [1.82, 2.24) is 10.3 Å². The summed E-state index contributed by atoms with van der Waals surface area (Å²) in [5.74, 6) is -0.230.